The Morgan fingerprint density at radius 2 is 2.17 bits per heavy atom. The molecular formula is C19H15ClF3N3O3S. The topological polar surface area (TPSA) is 80.2 Å². The van der Waals surface area contributed by atoms with Gasteiger partial charge in [0, 0.05) is 31.1 Å². The molecule has 6 nitrogen and oxygen atoms in total. The number of rotatable bonds is 4. The first-order chi connectivity index (χ1) is 14.2. The molecule has 2 N–H and O–H groups in total. The van der Waals surface area contributed by atoms with Crippen molar-refractivity contribution in [2.24, 2.45) is 5.92 Å². The predicted octanol–water partition coefficient (Wildman–Crippen LogP) is 3.10. The number of thiophene rings is 1. The Balaban J connectivity index is 1.76. The summed E-state index contributed by atoms with van der Waals surface area (Å²) in [6.07, 6.45) is -0.907. The van der Waals surface area contributed by atoms with Crippen LogP contribution in [0.2, 0.25) is 4.34 Å². The van der Waals surface area contributed by atoms with Gasteiger partial charge in [-0.3, -0.25) is 14.4 Å². The number of carbonyl (C=O) groups excluding carboxylic acids is 2. The van der Waals surface area contributed by atoms with Crippen molar-refractivity contribution >= 4 is 40.4 Å². The molecule has 3 rings (SSSR count). The van der Waals surface area contributed by atoms with E-state index in [1.54, 1.807) is 0 Å². The fraction of sp³-hybridized carbons (Fsp3) is 0.316. The summed E-state index contributed by atoms with van der Waals surface area (Å²) in [4.78, 5) is 35.6. The lowest BCUT2D eigenvalue weighted by molar-refractivity contribution is -0.122. The van der Waals surface area contributed by atoms with Crippen LogP contribution in [0.1, 0.15) is 28.1 Å². The van der Waals surface area contributed by atoms with Crippen molar-refractivity contribution < 1.29 is 22.8 Å². The lowest BCUT2D eigenvalue weighted by Gasteiger charge is -2.16. The Bertz CT molecular complexity index is 1100. The maximum Gasteiger partial charge on any atom is 0.286 e. The number of hydrogen-bond acceptors (Lipinski definition) is 4. The van der Waals surface area contributed by atoms with Crippen LogP contribution >= 0.6 is 22.9 Å². The maximum atomic E-state index is 13.7. The van der Waals surface area contributed by atoms with Gasteiger partial charge in [-0.15, -0.1) is 11.3 Å². The second kappa shape index (κ2) is 9.36. The summed E-state index contributed by atoms with van der Waals surface area (Å²) in [7, 11) is 0. The molecule has 1 fully saturated rings. The molecule has 1 aliphatic rings. The van der Waals surface area contributed by atoms with Crippen molar-refractivity contribution in [2.75, 3.05) is 11.9 Å². The average molecular weight is 458 g/mol. The molecule has 2 amide bonds. The highest BCUT2D eigenvalue weighted by Crippen LogP contribution is 2.28. The van der Waals surface area contributed by atoms with E-state index in [2.05, 4.69) is 22.5 Å². The molecule has 1 aliphatic heterocycles. The third-order valence-electron chi connectivity index (χ3n) is 4.20. The van der Waals surface area contributed by atoms with Gasteiger partial charge in [-0.05, 0) is 12.5 Å². The van der Waals surface area contributed by atoms with Gasteiger partial charge in [-0.2, -0.15) is 0 Å². The number of pyridine rings is 1. The first kappa shape index (κ1) is 21.9. The van der Waals surface area contributed by atoms with E-state index < -0.39 is 30.3 Å². The van der Waals surface area contributed by atoms with Crippen LogP contribution in [-0.2, 0) is 11.3 Å². The Hall–Kier alpha value is -2.77. The molecule has 158 valence electrons. The van der Waals surface area contributed by atoms with Crippen LogP contribution in [0.3, 0.4) is 0 Å². The van der Waals surface area contributed by atoms with Gasteiger partial charge in [0.1, 0.15) is 4.34 Å². The zero-order chi connectivity index (χ0) is 21.8. The molecule has 11 heteroatoms. The van der Waals surface area contributed by atoms with Crippen molar-refractivity contribution in [3.05, 3.63) is 49.3 Å². The van der Waals surface area contributed by atoms with Crippen LogP contribution in [0.15, 0.2) is 23.1 Å². The number of halogens is 4. The molecule has 0 saturated carbocycles. The summed E-state index contributed by atoms with van der Waals surface area (Å²) in [5.41, 5.74) is -0.948. The first-order valence-corrected chi connectivity index (χ1v) is 9.99. The van der Waals surface area contributed by atoms with Gasteiger partial charge in [0.05, 0.1) is 22.7 Å². The maximum absolute atomic E-state index is 13.7. The molecule has 0 bridgehead atoms. The van der Waals surface area contributed by atoms with E-state index in [9.17, 15) is 27.6 Å². The fourth-order valence-corrected chi connectivity index (χ4v) is 3.88. The smallest absolute Gasteiger partial charge is 0.286 e. The molecule has 3 heterocycles. The Kier molecular flexibility index (Phi) is 6.84. The predicted molar refractivity (Wildman–Crippen MR) is 107 cm³/mol. The number of nitrogens with one attached hydrogen (secondary N) is 2. The molecule has 0 spiro atoms. The average Bonchev–Trinajstić information content (AvgIpc) is 3.04. The van der Waals surface area contributed by atoms with E-state index in [-0.39, 0.29) is 26.7 Å². The van der Waals surface area contributed by atoms with Crippen molar-refractivity contribution in [2.45, 2.75) is 25.8 Å². The minimum absolute atomic E-state index is 0.0718. The summed E-state index contributed by atoms with van der Waals surface area (Å²) in [5.74, 6) is 3.74. The third-order valence-corrected chi connectivity index (χ3v) is 5.56. The molecule has 1 saturated heterocycles. The highest BCUT2D eigenvalue weighted by molar-refractivity contribution is 7.18. The number of aromatic nitrogens is 1. The van der Waals surface area contributed by atoms with E-state index in [1.807, 2.05) is 0 Å². The van der Waals surface area contributed by atoms with Crippen LogP contribution in [0.5, 0.6) is 0 Å². The van der Waals surface area contributed by atoms with E-state index >= 15 is 0 Å². The summed E-state index contributed by atoms with van der Waals surface area (Å²) in [6.45, 7) is -0.448. The SMILES string of the molecule is O=C1C[C@@H](C#Cc2cc(C(=O)Nc3cc(F)c(=O)n(CC(F)F)c3)sc2Cl)CCN1. The van der Waals surface area contributed by atoms with Crippen LogP contribution in [-0.4, -0.2) is 29.4 Å². The second-order valence-electron chi connectivity index (χ2n) is 6.49. The van der Waals surface area contributed by atoms with Gasteiger partial charge >= 0.3 is 0 Å². The summed E-state index contributed by atoms with van der Waals surface area (Å²) < 4.78 is 39.6. The van der Waals surface area contributed by atoms with E-state index in [0.717, 1.165) is 23.6 Å². The normalized spacial score (nSPS) is 16.0. The van der Waals surface area contributed by atoms with Crippen LogP contribution in [0.4, 0.5) is 18.9 Å². The zero-order valence-electron chi connectivity index (χ0n) is 15.3. The highest BCUT2D eigenvalue weighted by Gasteiger charge is 2.18. The number of amides is 2. The monoisotopic (exact) mass is 457 g/mol. The van der Waals surface area contributed by atoms with Gasteiger partial charge < -0.3 is 15.2 Å². The summed E-state index contributed by atoms with van der Waals surface area (Å²) >= 11 is 7.08. The van der Waals surface area contributed by atoms with Gasteiger partial charge in [0.15, 0.2) is 5.82 Å². The number of anilines is 1. The number of hydrogen-bond donors (Lipinski definition) is 2. The molecule has 30 heavy (non-hydrogen) atoms. The molecule has 0 aromatic carbocycles. The summed E-state index contributed by atoms with van der Waals surface area (Å²) in [6, 6.07) is 2.20. The first-order valence-electron chi connectivity index (χ1n) is 8.80. The Labute approximate surface area is 178 Å². The molecule has 2 aromatic heterocycles. The molecule has 0 radical (unpaired) electrons. The fourth-order valence-electron chi connectivity index (χ4n) is 2.80. The van der Waals surface area contributed by atoms with Gasteiger partial charge in [-0.25, -0.2) is 13.2 Å². The lowest BCUT2D eigenvalue weighted by atomic mass is 9.98. The van der Waals surface area contributed by atoms with Crippen molar-refractivity contribution in [1.29, 1.82) is 0 Å². The highest BCUT2D eigenvalue weighted by atomic mass is 35.5. The summed E-state index contributed by atoms with van der Waals surface area (Å²) in [5, 5.41) is 5.07. The standard InChI is InChI=1S/C19H15ClF3N3O3S/c20-17-11(2-1-10-3-4-24-16(27)5-10)6-14(30-17)18(28)25-12-7-13(21)19(29)26(8-12)9-15(22)23/h6-8,10,15H,3-5,9H2,(H,24,27)(H,25,28)/t10-/m0/s1. The van der Waals surface area contributed by atoms with E-state index in [1.165, 1.54) is 6.07 Å². The Morgan fingerprint density at radius 3 is 2.87 bits per heavy atom. The van der Waals surface area contributed by atoms with Gasteiger partial charge in [-0.1, -0.05) is 23.4 Å². The van der Waals surface area contributed by atoms with E-state index in [0.29, 0.717) is 29.5 Å². The van der Waals surface area contributed by atoms with E-state index in [4.69, 9.17) is 11.6 Å². The van der Waals surface area contributed by atoms with Crippen LogP contribution in [0, 0.1) is 23.6 Å². The number of carbonyl (C=O) groups is 2. The third kappa shape index (κ3) is 5.43. The number of piperidine rings is 1. The Morgan fingerprint density at radius 1 is 1.40 bits per heavy atom. The second-order valence-corrected chi connectivity index (χ2v) is 8.14. The molecule has 2 aromatic rings. The van der Waals surface area contributed by atoms with Crippen molar-refractivity contribution in [1.82, 2.24) is 9.88 Å². The molecular weight excluding hydrogens is 443 g/mol. The van der Waals surface area contributed by atoms with Crippen molar-refractivity contribution in [3.63, 3.8) is 0 Å². The number of alkyl halides is 2. The van der Waals surface area contributed by atoms with Crippen LogP contribution in [0.25, 0.3) is 0 Å². The van der Waals surface area contributed by atoms with Crippen LogP contribution < -0.4 is 16.2 Å². The minimum Gasteiger partial charge on any atom is -0.356 e. The zero-order valence-corrected chi connectivity index (χ0v) is 16.9. The number of nitrogens with zero attached hydrogens (tertiary/aromatic N) is 1. The lowest BCUT2D eigenvalue weighted by Crippen LogP contribution is -2.32. The largest absolute Gasteiger partial charge is 0.356 e. The van der Waals surface area contributed by atoms with Gasteiger partial charge in [0.2, 0.25) is 5.91 Å². The molecule has 1 atom stereocenters. The minimum atomic E-state index is -2.86. The van der Waals surface area contributed by atoms with Crippen molar-refractivity contribution in [3.8, 4) is 11.8 Å². The van der Waals surface area contributed by atoms with Gasteiger partial charge in [0.25, 0.3) is 17.9 Å². The molecule has 0 unspecified atom stereocenters. The quantitative estimate of drug-likeness (QED) is 0.692. The molecule has 0 aliphatic carbocycles.